The normalized spacial score (nSPS) is 11.6. The summed E-state index contributed by atoms with van der Waals surface area (Å²) in [6, 6.07) is 13.2. The number of rotatable bonds is 8. The Morgan fingerprint density at radius 1 is 1.16 bits per heavy atom. The number of H-pyrrole nitrogens is 1. The Morgan fingerprint density at radius 2 is 1.91 bits per heavy atom. The van der Waals surface area contributed by atoms with Gasteiger partial charge in [-0.15, -0.1) is 0 Å². The Kier molecular flexibility index (Phi) is 7.11. The van der Waals surface area contributed by atoms with Gasteiger partial charge < -0.3 is 25.6 Å². The summed E-state index contributed by atoms with van der Waals surface area (Å²) < 4.78 is 11.0. The largest absolute Gasteiger partial charge is 0.493 e. The number of aromatic nitrogens is 2. The quantitative estimate of drug-likeness (QED) is 0.239. The number of nitrogens with one attached hydrogen (secondary N) is 2. The van der Waals surface area contributed by atoms with Crippen LogP contribution in [0.1, 0.15) is 32.3 Å². The van der Waals surface area contributed by atoms with Crippen LogP contribution in [0.2, 0.25) is 0 Å². The summed E-state index contributed by atoms with van der Waals surface area (Å²) in [6.07, 6.45) is 0. The van der Waals surface area contributed by atoms with E-state index in [-0.39, 0.29) is 29.2 Å². The van der Waals surface area contributed by atoms with Crippen molar-refractivity contribution in [2.24, 2.45) is 5.84 Å². The van der Waals surface area contributed by atoms with E-state index in [0.717, 1.165) is 16.7 Å². The third-order valence-corrected chi connectivity index (χ3v) is 4.99. The number of hydrazine groups is 1. The molecule has 0 amide bonds. The van der Waals surface area contributed by atoms with Gasteiger partial charge in [-0.3, -0.25) is 9.59 Å². The molecule has 3 rings (SSSR count). The van der Waals surface area contributed by atoms with E-state index < -0.39 is 5.56 Å². The molecule has 1 atom stereocenters. The average molecular weight is 438 g/mol. The predicted molar refractivity (Wildman–Crippen MR) is 124 cm³/mol. The second-order valence-electron chi connectivity index (χ2n) is 7.06. The number of esters is 1. The Hall–Kier alpha value is -3.85. The monoisotopic (exact) mass is 437 g/mol. The Bertz CT molecular complexity index is 1180. The van der Waals surface area contributed by atoms with Crippen LogP contribution in [0.5, 0.6) is 5.75 Å². The van der Waals surface area contributed by atoms with Crippen LogP contribution in [0.25, 0.3) is 22.5 Å². The lowest BCUT2D eigenvalue weighted by molar-refractivity contribution is -0.144. The van der Waals surface area contributed by atoms with Gasteiger partial charge in [-0.25, -0.2) is 10.8 Å². The molecule has 1 heterocycles. The predicted octanol–water partition coefficient (Wildman–Crippen LogP) is 3.04. The number of hydrogen-bond acceptors (Lipinski definition) is 8. The number of anilines is 2. The van der Waals surface area contributed by atoms with Gasteiger partial charge in [0.25, 0.3) is 5.56 Å². The molecule has 2 aromatic carbocycles. The highest BCUT2D eigenvalue weighted by atomic mass is 16.5. The Balaban J connectivity index is 2.04. The van der Waals surface area contributed by atoms with Gasteiger partial charge in [-0.1, -0.05) is 30.3 Å². The van der Waals surface area contributed by atoms with Gasteiger partial charge in [0, 0.05) is 0 Å². The number of hydrogen-bond donors (Lipinski definition) is 4. The molecule has 168 valence electrons. The summed E-state index contributed by atoms with van der Waals surface area (Å²) >= 11 is 0. The molecule has 0 saturated heterocycles. The molecule has 0 aliphatic heterocycles. The van der Waals surface area contributed by atoms with Crippen molar-refractivity contribution in [3.63, 3.8) is 0 Å². The number of carbonyl (C=O) groups is 1. The fourth-order valence-electron chi connectivity index (χ4n) is 3.28. The van der Waals surface area contributed by atoms with Crippen molar-refractivity contribution < 1.29 is 14.3 Å². The SMILES string of the molecule is CCOC(=O)C(C)c1cccc(-c2ccc(-c3nc(NN)c(N)c(=O)[nH]3)c(OCC)c2)c1. The molecular weight excluding hydrogens is 410 g/mol. The molecule has 0 aliphatic carbocycles. The first-order valence-electron chi connectivity index (χ1n) is 10.3. The maximum absolute atomic E-state index is 12.2. The summed E-state index contributed by atoms with van der Waals surface area (Å²) in [5.74, 6) is 5.67. The lowest BCUT2D eigenvalue weighted by Crippen LogP contribution is -2.20. The average Bonchev–Trinajstić information content (AvgIpc) is 2.80. The minimum absolute atomic E-state index is 0.0796. The van der Waals surface area contributed by atoms with Crippen LogP contribution in [-0.2, 0) is 9.53 Å². The Labute approximate surface area is 185 Å². The standard InChI is InChI=1S/C23H27N5O4/c1-4-31-18-12-16(15-8-6-7-14(11-15)13(3)23(30)32-5-2)9-10-17(18)20-26-21(28-25)19(24)22(29)27-20/h6-13H,4-5,24-25H2,1-3H3,(H2,26,27,28,29). The van der Waals surface area contributed by atoms with E-state index in [2.05, 4.69) is 15.4 Å². The molecule has 0 saturated carbocycles. The fraction of sp³-hybridized carbons (Fsp3) is 0.261. The molecule has 1 unspecified atom stereocenters. The van der Waals surface area contributed by atoms with E-state index in [0.29, 0.717) is 24.5 Å². The van der Waals surface area contributed by atoms with Crippen LogP contribution in [0, 0.1) is 0 Å². The zero-order valence-corrected chi connectivity index (χ0v) is 18.3. The molecule has 0 bridgehead atoms. The number of aromatic amines is 1. The third kappa shape index (κ3) is 4.73. The molecule has 0 radical (unpaired) electrons. The highest BCUT2D eigenvalue weighted by Gasteiger charge is 2.18. The summed E-state index contributed by atoms with van der Waals surface area (Å²) in [7, 11) is 0. The van der Waals surface area contributed by atoms with Crippen molar-refractivity contribution in [2.75, 3.05) is 24.4 Å². The van der Waals surface area contributed by atoms with Crippen molar-refractivity contribution in [3.05, 3.63) is 58.4 Å². The van der Waals surface area contributed by atoms with Crippen molar-refractivity contribution in [1.29, 1.82) is 0 Å². The summed E-state index contributed by atoms with van der Waals surface area (Å²) in [5.41, 5.74) is 10.7. The fourth-order valence-corrected chi connectivity index (χ4v) is 3.28. The maximum atomic E-state index is 12.2. The van der Waals surface area contributed by atoms with E-state index in [1.165, 1.54) is 0 Å². The molecular formula is C23H27N5O4. The van der Waals surface area contributed by atoms with Crippen LogP contribution in [0.15, 0.2) is 47.3 Å². The number of carbonyl (C=O) groups excluding carboxylic acids is 1. The number of benzene rings is 2. The van der Waals surface area contributed by atoms with Crippen LogP contribution < -0.4 is 27.3 Å². The van der Waals surface area contributed by atoms with Gasteiger partial charge in [-0.2, -0.15) is 0 Å². The maximum Gasteiger partial charge on any atom is 0.313 e. The van der Waals surface area contributed by atoms with E-state index >= 15 is 0 Å². The zero-order valence-electron chi connectivity index (χ0n) is 18.3. The lowest BCUT2D eigenvalue weighted by Gasteiger charge is -2.15. The minimum atomic E-state index is -0.505. The van der Waals surface area contributed by atoms with Crippen LogP contribution >= 0.6 is 0 Å². The van der Waals surface area contributed by atoms with Gasteiger partial charge in [0.2, 0.25) is 0 Å². The van der Waals surface area contributed by atoms with Crippen LogP contribution in [0.3, 0.4) is 0 Å². The van der Waals surface area contributed by atoms with Crippen LogP contribution in [0.4, 0.5) is 11.5 Å². The highest BCUT2D eigenvalue weighted by molar-refractivity contribution is 5.79. The number of nitrogens with zero attached hydrogens (tertiary/aromatic N) is 1. The van der Waals surface area contributed by atoms with Crippen LogP contribution in [-0.4, -0.2) is 29.2 Å². The highest BCUT2D eigenvalue weighted by Crippen LogP contribution is 2.34. The van der Waals surface area contributed by atoms with Crippen molar-refractivity contribution in [2.45, 2.75) is 26.7 Å². The molecule has 32 heavy (non-hydrogen) atoms. The molecule has 6 N–H and O–H groups in total. The van der Waals surface area contributed by atoms with Gasteiger partial charge in [0.15, 0.2) is 5.82 Å². The van der Waals surface area contributed by atoms with E-state index in [4.69, 9.17) is 21.1 Å². The third-order valence-electron chi connectivity index (χ3n) is 4.99. The molecule has 9 nitrogen and oxygen atoms in total. The summed E-state index contributed by atoms with van der Waals surface area (Å²) in [6.45, 7) is 6.22. The summed E-state index contributed by atoms with van der Waals surface area (Å²) in [5, 5.41) is 0. The molecule has 3 aromatic rings. The number of nitrogens with two attached hydrogens (primary N) is 2. The minimum Gasteiger partial charge on any atom is -0.493 e. The first-order chi connectivity index (χ1) is 15.4. The van der Waals surface area contributed by atoms with Crippen molar-refractivity contribution >= 4 is 17.5 Å². The van der Waals surface area contributed by atoms with Gasteiger partial charge in [0.05, 0.1) is 24.7 Å². The topological polar surface area (TPSA) is 145 Å². The molecule has 9 heteroatoms. The van der Waals surface area contributed by atoms with Crippen molar-refractivity contribution in [1.82, 2.24) is 9.97 Å². The van der Waals surface area contributed by atoms with E-state index in [1.54, 1.807) is 13.0 Å². The van der Waals surface area contributed by atoms with E-state index in [9.17, 15) is 9.59 Å². The molecule has 0 fully saturated rings. The molecule has 0 aliphatic rings. The Morgan fingerprint density at radius 3 is 2.59 bits per heavy atom. The van der Waals surface area contributed by atoms with Gasteiger partial charge in [0.1, 0.15) is 17.3 Å². The summed E-state index contributed by atoms with van der Waals surface area (Å²) in [4.78, 5) is 31.2. The first-order valence-corrected chi connectivity index (χ1v) is 10.3. The van der Waals surface area contributed by atoms with Gasteiger partial charge in [-0.05, 0) is 49.6 Å². The van der Waals surface area contributed by atoms with E-state index in [1.807, 2.05) is 50.2 Å². The molecule has 1 aromatic heterocycles. The molecule has 0 spiro atoms. The lowest BCUT2D eigenvalue weighted by atomic mass is 9.95. The number of ether oxygens (including phenoxy) is 2. The first kappa shape index (κ1) is 22.8. The zero-order chi connectivity index (χ0) is 23.3. The smallest absolute Gasteiger partial charge is 0.313 e. The van der Waals surface area contributed by atoms with Gasteiger partial charge >= 0.3 is 5.97 Å². The second kappa shape index (κ2) is 9.97. The number of nitrogen functional groups attached to an aromatic ring is 2. The second-order valence-corrected chi connectivity index (χ2v) is 7.06. The van der Waals surface area contributed by atoms with Crippen molar-refractivity contribution in [3.8, 4) is 28.3 Å².